The second-order valence-corrected chi connectivity index (χ2v) is 5.81. The smallest absolute Gasteiger partial charge is 0.239 e. The molecule has 19 heavy (non-hydrogen) atoms. The van der Waals surface area contributed by atoms with Crippen LogP contribution in [0.3, 0.4) is 0 Å². The number of likely N-dealkylation sites (tertiary alicyclic amines) is 1. The number of hydrogen-bond donors (Lipinski definition) is 2. The summed E-state index contributed by atoms with van der Waals surface area (Å²) in [6.45, 7) is 0.948. The molecule has 5 nitrogen and oxygen atoms in total. The van der Waals surface area contributed by atoms with E-state index in [-0.39, 0.29) is 24.4 Å². The molecule has 1 aliphatic carbocycles. The first kappa shape index (κ1) is 14.3. The van der Waals surface area contributed by atoms with Crippen LogP contribution < -0.4 is 11.1 Å². The van der Waals surface area contributed by atoms with Crippen LogP contribution in [0.1, 0.15) is 51.4 Å². The quantitative estimate of drug-likeness (QED) is 0.793. The van der Waals surface area contributed by atoms with E-state index in [4.69, 9.17) is 5.73 Å². The molecular weight excluding hydrogens is 242 g/mol. The van der Waals surface area contributed by atoms with Gasteiger partial charge in [0.15, 0.2) is 0 Å². The number of nitrogens with zero attached hydrogens (tertiary/aromatic N) is 1. The van der Waals surface area contributed by atoms with Crippen LogP contribution in [0.5, 0.6) is 0 Å². The largest absolute Gasteiger partial charge is 0.352 e. The molecule has 3 N–H and O–H groups in total. The minimum Gasteiger partial charge on any atom is -0.352 e. The van der Waals surface area contributed by atoms with Gasteiger partial charge in [-0.1, -0.05) is 6.42 Å². The van der Waals surface area contributed by atoms with Crippen molar-refractivity contribution in [1.29, 1.82) is 0 Å². The summed E-state index contributed by atoms with van der Waals surface area (Å²) < 4.78 is 0. The average Bonchev–Trinajstić information content (AvgIpc) is 2.58. The van der Waals surface area contributed by atoms with Crippen molar-refractivity contribution in [3.05, 3.63) is 0 Å². The standard InChI is InChI=1S/C14H25N3O2/c15-11-5-7-12(8-6-11)16-13(18)10-17-9-3-1-2-4-14(17)19/h11-12H,1-10,15H2,(H,16,18). The third-order valence-electron chi connectivity index (χ3n) is 4.14. The van der Waals surface area contributed by atoms with Gasteiger partial charge < -0.3 is 16.0 Å². The number of hydrogen-bond acceptors (Lipinski definition) is 3. The fourth-order valence-electron chi connectivity index (χ4n) is 2.92. The molecule has 0 atom stereocenters. The van der Waals surface area contributed by atoms with Crippen molar-refractivity contribution in [3.8, 4) is 0 Å². The lowest BCUT2D eigenvalue weighted by molar-refractivity contribution is -0.135. The van der Waals surface area contributed by atoms with E-state index in [2.05, 4.69) is 5.32 Å². The fraction of sp³-hybridized carbons (Fsp3) is 0.857. The second-order valence-electron chi connectivity index (χ2n) is 5.81. The van der Waals surface area contributed by atoms with E-state index < -0.39 is 0 Å². The molecule has 1 heterocycles. The number of carbonyl (C=O) groups excluding carboxylic acids is 2. The topological polar surface area (TPSA) is 75.4 Å². The van der Waals surface area contributed by atoms with Crippen molar-refractivity contribution in [1.82, 2.24) is 10.2 Å². The van der Waals surface area contributed by atoms with Crippen LogP contribution in [0.15, 0.2) is 0 Å². The highest BCUT2D eigenvalue weighted by atomic mass is 16.2. The highest BCUT2D eigenvalue weighted by molar-refractivity contribution is 5.85. The first-order valence-electron chi connectivity index (χ1n) is 7.48. The van der Waals surface area contributed by atoms with Crippen LogP contribution in [-0.2, 0) is 9.59 Å². The third-order valence-corrected chi connectivity index (χ3v) is 4.14. The van der Waals surface area contributed by atoms with E-state index >= 15 is 0 Å². The molecule has 0 aromatic heterocycles. The van der Waals surface area contributed by atoms with Gasteiger partial charge in [-0.2, -0.15) is 0 Å². The Bertz CT molecular complexity index is 325. The van der Waals surface area contributed by atoms with Crippen LogP contribution in [0.25, 0.3) is 0 Å². The first-order chi connectivity index (χ1) is 9.15. The van der Waals surface area contributed by atoms with Crippen molar-refractivity contribution in [2.75, 3.05) is 13.1 Å². The zero-order valence-corrected chi connectivity index (χ0v) is 11.6. The monoisotopic (exact) mass is 267 g/mol. The summed E-state index contributed by atoms with van der Waals surface area (Å²) in [6.07, 6.45) is 7.52. The van der Waals surface area contributed by atoms with E-state index in [1.54, 1.807) is 4.90 Å². The Morgan fingerprint density at radius 1 is 1.21 bits per heavy atom. The van der Waals surface area contributed by atoms with Crippen LogP contribution >= 0.6 is 0 Å². The van der Waals surface area contributed by atoms with Crippen molar-refractivity contribution < 1.29 is 9.59 Å². The van der Waals surface area contributed by atoms with Crippen molar-refractivity contribution in [3.63, 3.8) is 0 Å². The van der Waals surface area contributed by atoms with Gasteiger partial charge in [-0.05, 0) is 38.5 Å². The summed E-state index contributed by atoms with van der Waals surface area (Å²) in [5.41, 5.74) is 5.85. The molecule has 1 aliphatic heterocycles. The van der Waals surface area contributed by atoms with E-state index in [0.29, 0.717) is 12.5 Å². The number of nitrogens with two attached hydrogens (primary N) is 1. The summed E-state index contributed by atoms with van der Waals surface area (Å²) in [5, 5.41) is 3.04. The molecule has 2 amide bonds. The molecule has 0 unspecified atom stereocenters. The van der Waals surface area contributed by atoms with Crippen molar-refractivity contribution in [2.24, 2.45) is 5.73 Å². The van der Waals surface area contributed by atoms with Gasteiger partial charge in [0.2, 0.25) is 11.8 Å². The van der Waals surface area contributed by atoms with Crippen LogP contribution in [0, 0.1) is 0 Å². The SMILES string of the molecule is NC1CCC(NC(=O)CN2CCCCCC2=O)CC1. The Morgan fingerprint density at radius 2 is 1.95 bits per heavy atom. The summed E-state index contributed by atoms with van der Waals surface area (Å²) in [7, 11) is 0. The second kappa shape index (κ2) is 6.89. The number of nitrogens with one attached hydrogen (secondary N) is 1. The number of carbonyl (C=O) groups is 2. The highest BCUT2D eigenvalue weighted by Gasteiger charge is 2.23. The molecule has 1 saturated carbocycles. The predicted molar refractivity (Wildman–Crippen MR) is 73.4 cm³/mol. The molecule has 0 aromatic carbocycles. The molecule has 108 valence electrons. The van der Waals surface area contributed by atoms with Crippen molar-refractivity contribution >= 4 is 11.8 Å². The number of amides is 2. The third kappa shape index (κ3) is 4.49. The van der Waals surface area contributed by atoms with Gasteiger partial charge in [0.05, 0.1) is 6.54 Å². The zero-order chi connectivity index (χ0) is 13.7. The van der Waals surface area contributed by atoms with Gasteiger partial charge in [-0.15, -0.1) is 0 Å². The van der Waals surface area contributed by atoms with E-state index in [9.17, 15) is 9.59 Å². The zero-order valence-electron chi connectivity index (χ0n) is 11.6. The van der Waals surface area contributed by atoms with Crippen LogP contribution in [0.4, 0.5) is 0 Å². The van der Waals surface area contributed by atoms with E-state index in [0.717, 1.165) is 51.5 Å². The van der Waals surface area contributed by atoms with Crippen molar-refractivity contribution in [2.45, 2.75) is 63.5 Å². The lowest BCUT2D eigenvalue weighted by Gasteiger charge is -2.28. The maximum Gasteiger partial charge on any atom is 0.239 e. The molecule has 0 bridgehead atoms. The summed E-state index contributed by atoms with van der Waals surface area (Å²) >= 11 is 0. The van der Waals surface area contributed by atoms with Gasteiger partial charge in [0.1, 0.15) is 0 Å². The van der Waals surface area contributed by atoms with Gasteiger partial charge in [0, 0.05) is 25.0 Å². The molecule has 5 heteroatoms. The summed E-state index contributed by atoms with van der Waals surface area (Å²) in [6, 6.07) is 0.537. The minimum atomic E-state index is -0.0179. The molecule has 0 radical (unpaired) electrons. The Hall–Kier alpha value is -1.10. The maximum atomic E-state index is 12.0. The Kier molecular flexibility index (Phi) is 5.19. The summed E-state index contributed by atoms with van der Waals surface area (Å²) in [4.78, 5) is 25.5. The van der Waals surface area contributed by atoms with Crippen LogP contribution in [0.2, 0.25) is 0 Å². The normalized spacial score (nSPS) is 28.9. The van der Waals surface area contributed by atoms with Gasteiger partial charge in [-0.3, -0.25) is 9.59 Å². The predicted octanol–water partition coefficient (Wildman–Crippen LogP) is 0.775. The minimum absolute atomic E-state index is 0.0179. The van der Waals surface area contributed by atoms with E-state index in [1.807, 2.05) is 0 Å². The van der Waals surface area contributed by atoms with E-state index in [1.165, 1.54) is 0 Å². The van der Waals surface area contributed by atoms with Gasteiger partial charge in [-0.25, -0.2) is 0 Å². The molecule has 2 fully saturated rings. The maximum absolute atomic E-state index is 12.0. The molecule has 2 rings (SSSR count). The molecular formula is C14H25N3O2. The lowest BCUT2D eigenvalue weighted by Crippen LogP contribution is -2.46. The highest BCUT2D eigenvalue weighted by Crippen LogP contribution is 2.17. The first-order valence-corrected chi connectivity index (χ1v) is 7.48. The number of rotatable bonds is 3. The molecule has 2 aliphatic rings. The molecule has 0 spiro atoms. The molecule has 0 aromatic rings. The lowest BCUT2D eigenvalue weighted by atomic mass is 9.92. The van der Waals surface area contributed by atoms with Gasteiger partial charge in [0.25, 0.3) is 0 Å². The Balaban J connectivity index is 1.75. The van der Waals surface area contributed by atoms with Gasteiger partial charge >= 0.3 is 0 Å². The molecule has 1 saturated heterocycles. The summed E-state index contributed by atoms with van der Waals surface area (Å²) in [5.74, 6) is 0.106. The Labute approximate surface area is 114 Å². The van der Waals surface area contributed by atoms with Crippen LogP contribution in [-0.4, -0.2) is 41.9 Å². The average molecular weight is 267 g/mol. The fourth-order valence-corrected chi connectivity index (χ4v) is 2.92. The Morgan fingerprint density at radius 3 is 2.68 bits per heavy atom.